The molecule has 0 aromatic heterocycles. The normalized spacial score (nSPS) is 25.8. The molecule has 0 saturated carbocycles. The molecule has 1 aliphatic heterocycles. The minimum atomic E-state index is -0.225. The zero-order valence-corrected chi connectivity index (χ0v) is 8.83. The Hall–Kier alpha value is -0.220. The van der Waals surface area contributed by atoms with Gasteiger partial charge in [-0.25, -0.2) is 0 Å². The third kappa shape index (κ3) is 2.88. The molecule has 0 aliphatic carbocycles. The van der Waals surface area contributed by atoms with Gasteiger partial charge in [-0.2, -0.15) is 12.6 Å². The van der Waals surface area contributed by atoms with Gasteiger partial charge in [0.15, 0.2) is 0 Å². The molecular formula is C9H17NO2S. The van der Waals surface area contributed by atoms with Gasteiger partial charge in [0, 0.05) is 19.7 Å². The van der Waals surface area contributed by atoms with E-state index in [4.69, 9.17) is 5.11 Å². The van der Waals surface area contributed by atoms with Gasteiger partial charge < -0.3 is 10.0 Å². The molecular weight excluding hydrogens is 186 g/mol. The number of piperidine rings is 1. The van der Waals surface area contributed by atoms with Gasteiger partial charge in [-0.3, -0.25) is 4.79 Å². The number of carbonyl (C=O) groups excluding carboxylic acids is 1. The van der Waals surface area contributed by atoms with Crippen LogP contribution in [0.25, 0.3) is 0 Å². The first kappa shape index (κ1) is 10.9. The highest BCUT2D eigenvalue weighted by Gasteiger charge is 2.24. The number of aliphatic hydroxyl groups is 1. The van der Waals surface area contributed by atoms with Gasteiger partial charge >= 0.3 is 0 Å². The van der Waals surface area contributed by atoms with E-state index in [1.165, 1.54) is 0 Å². The van der Waals surface area contributed by atoms with E-state index in [1.54, 1.807) is 6.92 Å². The number of nitrogens with zero attached hydrogens (tertiary/aromatic N) is 1. The summed E-state index contributed by atoms with van der Waals surface area (Å²) in [6, 6.07) is 0. The number of amides is 1. The third-order valence-corrected chi connectivity index (χ3v) is 2.67. The van der Waals surface area contributed by atoms with Crippen molar-refractivity contribution in [2.75, 3.05) is 19.7 Å². The first-order chi connectivity index (χ1) is 6.15. The van der Waals surface area contributed by atoms with Crippen LogP contribution in [0.4, 0.5) is 0 Å². The highest BCUT2D eigenvalue weighted by atomic mass is 32.1. The molecule has 1 aliphatic rings. The fraction of sp³-hybridized carbons (Fsp3) is 0.889. The van der Waals surface area contributed by atoms with Crippen molar-refractivity contribution in [1.82, 2.24) is 4.90 Å². The van der Waals surface area contributed by atoms with Crippen molar-refractivity contribution < 1.29 is 9.90 Å². The lowest BCUT2D eigenvalue weighted by molar-refractivity contribution is -0.132. The summed E-state index contributed by atoms with van der Waals surface area (Å²) < 4.78 is 0. The van der Waals surface area contributed by atoms with E-state index >= 15 is 0 Å². The topological polar surface area (TPSA) is 40.5 Å². The number of hydrogen-bond donors (Lipinski definition) is 2. The second-order valence-corrected chi connectivity index (χ2v) is 4.43. The highest BCUT2D eigenvalue weighted by molar-refractivity contribution is 7.81. The fourth-order valence-corrected chi connectivity index (χ4v) is 1.84. The predicted octanol–water partition coefficient (Wildman–Crippen LogP) is 0.536. The minimum Gasteiger partial charge on any atom is -0.396 e. The van der Waals surface area contributed by atoms with Crippen LogP contribution in [0.1, 0.15) is 19.8 Å². The van der Waals surface area contributed by atoms with E-state index in [1.807, 2.05) is 4.90 Å². The number of rotatable bonds is 2. The Morgan fingerprint density at radius 2 is 2.46 bits per heavy atom. The molecule has 1 rings (SSSR count). The monoisotopic (exact) mass is 203 g/mol. The van der Waals surface area contributed by atoms with Crippen LogP contribution in [0.2, 0.25) is 0 Å². The van der Waals surface area contributed by atoms with Gasteiger partial charge in [0.2, 0.25) is 5.91 Å². The Morgan fingerprint density at radius 3 is 3.00 bits per heavy atom. The lowest BCUT2D eigenvalue weighted by atomic mass is 9.99. The first-order valence-electron chi connectivity index (χ1n) is 4.73. The maximum absolute atomic E-state index is 11.5. The van der Waals surface area contributed by atoms with Gasteiger partial charge in [0.25, 0.3) is 0 Å². The van der Waals surface area contributed by atoms with E-state index in [9.17, 15) is 4.79 Å². The van der Waals surface area contributed by atoms with E-state index in [-0.39, 0.29) is 23.7 Å². The number of carbonyl (C=O) groups is 1. The predicted molar refractivity (Wildman–Crippen MR) is 54.8 cm³/mol. The van der Waals surface area contributed by atoms with Crippen LogP contribution in [-0.4, -0.2) is 40.9 Å². The Morgan fingerprint density at radius 1 is 1.77 bits per heavy atom. The van der Waals surface area contributed by atoms with Crippen molar-refractivity contribution in [3.8, 4) is 0 Å². The van der Waals surface area contributed by atoms with Crippen LogP contribution in [0.15, 0.2) is 0 Å². The summed E-state index contributed by atoms with van der Waals surface area (Å²) in [4.78, 5) is 13.3. The molecule has 1 amide bonds. The molecule has 1 fully saturated rings. The lowest BCUT2D eigenvalue weighted by Crippen LogP contribution is -2.43. The van der Waals surface area contributed by atoms with Crippen LogP contribution >= 0.6 is 12.6 Å². The zero-order valence-electron chi connectivity index (χ0n) is 7.94. The first-order valence-corrected chi connectivity index (χ1v) is 5.24. The van der Waals surface area contributed by atoms with Crippen LogP contribution in [0.3, 0.4) is 0 Å². The smallest absolute Gasteiger partial charge is 0.235 e. The Kier molecular flexibility index (Phi) is 4.06. The van der Waals surface area contributed by atoms with Crippen molar-refractivity contribution in [2.45, 2.75) is 25.0 Å². The molecule has 4 heteroatoms. The van der Waals surface area contributed by atoms with E-state index in [2.05, 4.69) is 12.6 Å². The van der Waals surface area contributed by atoms with Crippen LogP contribution in [0, 0.1) is 5.92 Å². The zero-order chi connectivity index (χ0) is 9.84. The summed E-state index contributed by atoms with van der Waals surface area (Å²) in [5.41, 5.74) is 0. The summed E-state index contributed by atoms with van der Waals surface area (Å²) in [6.45, 7) is 3.49. The molecule has 0 bridgehead atoms. The summed E-state index contributed by atoms with van der Waals surface area (Å²) >= 11 is 4.11. The molecule has 0 radical (unpaired) electrons. The summed E-state index contributed by atoms with van der Waals surface area (Å²) in [5.74, 6) is 0.353. The van der Waals surface area contributed by atoms with Gasteiger partial charge in [0.05, 0.1) is 5.25 Å². The maximum Gasteiger partial charge on any atom is 0.235 e. The Labute approximate surface area is 84.5 Å². The third-order valence-electron chi connectivity index (χ3n) is 2.45. The number of likely N-dealkylation sites (tertiary alicyclic amines) is 1. The molecule has 0 spiro atoms. The quantitative estimate of drug-likeness (QED) is 0.643. The molecule has 2 unspecified atom stereocenters. The second-order valence-electron chi connectivity index (χ2n) is 3.65. The van der Waals surface area contributed by atoms with Gasteiger partial charge in [-0.05, 0) is 25.7 Å². The van der Waals surface area contributed by atoms with Crippen molar-refractivity contribution >= 4 is 18.5 Å². The van der Waals surface area contributed by atoms with Gasteiger partial charge in [-0.1, -0.05) is 0 Å². The van der Waals surface area contributed by atoms with E-state index in [0.29, 0.717) is 6.54 Å². The molecule has 1 heterocycles. The summed E-state index contributed by atoms with van der Waals surface area (Å²) in [7, 11) is 0. The van der Waals surface area contributed by atoms with Crippen molar-refractivity contribution in [3.63, 3.8) is 0 Å². The molecule has 1 N–H and O–H groups in total. The van der Waals surface area contributed by atoms with Crippen LogP contribution in [-0.2, 0) is 4.79 Å². The average molecular weight is 203 g/mol. The standard InChI is InChI=1S/C9H17NO2S/c1-7(13)9(12)10-4-2-3-8(5-10)6-11/h7-8,11,13H,2-6H2,1H3. The Balaban J connectivity index is 2.46. The average Bonchev–Trinajstić information content (AvgIpc) is 2.16. The molecule has 2 atom stereocenters. The van der Waals surface area contributed by atoms with E-state index < -0.39 is 0 Å². The Bertz CT molecular complexity index is 184. The highest BCUT2D eigenvalue weighted by Crippen LogP contribution is 2.17. The molecule has 0 aromatic carbocycles. The fourth-order valence-electron chi connectivity index (χ4n) is 1.68. The lowest BCUT2D eigenvalue weighted by Gasteiger charge is -2.32. The summed E-state index contributed by atoms with van der Waals surface area (Å²) in [6.07, 6.45) is 2.03. The molecule has 1 saturated heterocycles. The molecule has 0 aromatic rings. The van der Waals surface area contributed by atoms with Gasteiger partial charge in [0.1, 0.15) is 0 Å². The molecule has 76 valence electrons. The summed E-state index contributed by atoms with van der Waals surface area (Å²) in [5, 5.41) is 8.75. The SMILES string of the molecule is CC(S)C(=O)N1CCCC(CO)C1. The van der Waals surface area contributed by atoms with Crippen LogP contribution < -0.4 is 0 Å². The molecule has 13 heavy (non-hydrogen) atoms. The maximum atomic E-state index is 11.5. The number of aliphatic hydroxyl groups excluding tert-OH is 1. The van der Waals surface area contributed by atoms with Gasteiger partial charge in [-0.15, -0.1) is 0 Å². The molecule has 3 nitrogen and oxygen atoms in total. The van der Waals surface area contributed by atoms with Crippen molar-refractivity contribution in [3.05, 3.63) is 0 Å². The van der Waals surface area contributed by atoms with Crippen molar-refractivity contribution in [2.24, 2.45) is 5.92 Å². The number of hydrogen-bond acceptors (Lipinski definition) is 3. The van der Waals surface area contributed by atoms with E-state index in [0.717, 1.165) is 19.4 Å². The number of thiol groups is 1. The second kappa shape index (κ2) is 4.86. The largest absolute Gasteiger partial charge is 0.396 e. The minimum absolute atomic E-state index is 0.0847. The van der Waals surface area contributed by atoms with Crippen molar-refractivity contribution in [1.29, 1.82) is 0 Å². The van der Waals surface area contributed by atoms with Crippen LogP contribution in [0.5, 0.6) is 0 Å².